The summed E-state index contributed by atoms with van der Waals surface area (Å²) in [7, 11) is 1.82. The van der Waals surface area contributed by atoms with Gasteiger partial charge in [-0.15, -0.1) is 0 Å². The molecule has 1 nitrogen and oxygen atoms in total. The van der Waals surface area contributed by atoms with Crippen molar-refractivity contribution in [3.63, 3.8) is 0 Å². The Labute approximate surface area is 80.9 Å². The highest BCUT2D eigenvalue weighted by Gasteiger charge is 1.91. The van der Waals surface area contributed by atoms with Gasteiger partial charge in [0.15, 0.2) is 0 Å². The minimum atomic E-state index is 0.829. The zero-order valence-corrected chi connectivity index (χ0v) is 8.43. The fraction of sp³-hybridized carbons (Fsp3) is 0.167. The fourth-order valence-electron chi connectivity index (χ4n) is 0.740. The maximum atomic E-state index is 3.86. The third-order valence-corrected chi connectivity index (χ3v) is 1.74. The second-order valence-electron chi connectivity index (χ2n) is 2.58. The lowest BCUT2D eigenvalue weighted by Gasteiger charge is -2.02. The summed E-state index contributed by atoms with van der Waals surface area (Å²) >= 11 is 0. The first-order valence-corrected chi connectivity index (χ1v) is 4.18. The third-order valence-electron chi connectivity index (χ3n) is 1.74. The average molecular weight is 175 g/mol. The van der Waals surface area contributed by atoms with Crippen molar-refractivity contribution >= 4 is 0 Å². The smallest absolute Gasteiger partial charge is 0.0332 e. The highest BCUT2D eigenvalue weighted by atomic mass is 14.8. The van der Waals surface area contributed by atoms with Crippen molar-refractivity contribution in [1.29, 1.82) is 0 Å². The normalized spacial score (nSPS) is 11.4. The molecule has 0 aromatic rings. The summed E-state index contributed by atoms with van der Waals surface area (Å²) in [5.74, 6) is 0. The van der Waals surface area contributed by atoms with Gasteiger partial charge in [0.25, 0.3) is 0 Å². The van der Waals surface area contributed by atoms with Crippen molar-refractivity contribution in [2.45, 2.75) is 6.92 Å². The molecule has 13 heavy (non-hydrogen) atoms. The Kier molecular flexibility index (Phi) is 5.37. The first-order valence-electron chi connectivity index (χ1n) is 4.18. The molecule has 0 spiro atoms. The summed E-state index contributed by atoms with van der Waals surface area (Å²) < 4.78 is 0. The molecule has 0 heterocycles. The molecule has 0 rings (SSSR count). The maximum Gasteiger partial charge on any atom is 0.0332 e. The van der Waals surface area contributed by atoms with Gasteiger partial charge in [-0.2, -0.15) is 0 Å². The van der Waals surface area contributed by atoms with Gasteiger partial charge in [-0.05, 0) is 18.1 Å². The molecule has 0 unspecified atom stereocenters. The molecular formula is C12H17N. The molecule has 1 heteroatoms. The van der Waals surface area contributed by atoms with E-state index in [1.807, 2.05) is 32.2 Å². The van der Waals surface area contributed by atoms with Crippen LogP contribution in [-0.2, 0) is 0 Å². The van der Waals surface area contributed by atoms with Crippen LogP contribution in [0.1, 0.15) is 6.92 Å². The number of hydrogen-bond acceptors (Lipinski definition) is 1. The standard InChI is InChI=1S/C12H17N/c1-6-12(7-2)9-8-10(3)11(4)13-5/h6-9,13H,1,3-4H2,2,5H3/b9-8-,12-7-. The van der Waals surface area contributed by atoms with E-state index in [0.717, 1.165) is 16.8 Å². The number of likely N-dealkylation sites (N-methyl/N-ethyl adjacent to an activating group) is 1. The molecule has 0 saturated heterocycles. The molecule has 0 aliphatic rings. The highest BCUT2D eigenvalue weighted by molar-refractivity contribution is 5.39. The van der Waals surface area contributed by atoms with Gasteiger partial charge < -0.3 is 5.32 Å². The predicted molar refractivity (Wildman–Crippen MR) is 60.4 cm³/mol. The Balaban J connectivity index is 4.35. The summed E-state index contributed by atoms with van der Waals surface area (Å²) in [6.07, 6.45) is 7.65. The van der Waals surface area contributed by atoms with E-state index >= 15 is 0 Å². The second-order valence-corrected chi connectivity index (χ2v) is 2.58. The molecule has 0 aliphatic heterocycles. The monoisotopic (exact) mass is 175 g/mol. The number of hydrogen-bond donors (Lipinski definition) is 1. The highest BCUT2D eigenvalue weighted by Crippen LogP contribution is 2.05. The van der Waals surface area contributed by atoms with Crippen LogP contribution in [0, 0.1) is 0 Å². The molecule has 0 saturated carbocycles. The van der Waals surface area contributed by atoms with Gasteiger partial charge in [0.05, 0.1) is 0 Å². The molecule has 0 atom stereocenters. The largest absolute Gasteiger partial charge is 0.388 e. The zero-order valence-electron chi connectivity index (χ0n) is 8.43. The molecule has 0 aliphatic carbocycles. The molecule has 0 amide bonds. The summed E-state index contributed by atoms with van der Waals surface area (Å²) in [4.78, 5) is 0. The van der Waals surface area contributed by atoms with E-state index in [-0.39, 0.29) is 0 Å². The van der Waals surface area contributed by atoms with Crippen molar-refractivity contribution in [2.75, 3.05) is 7.05 Å². The Bertz CT molecular complexity index is 267. The van der Waals surface area contributed by atoms with E-state index in [2.05, 4.69) is 25.1 Å². The fourth-order valence-corrected chi connectivity index (χ4v) is 0.740. The van der Waals surface area contributed by atoms with Gasteiger partial charge in [-0.25, -0.2) is 0 Å². The van der Waals surface area contributed by atoms with E-state index < -0.39 is 0 Å². The number of allylic oxidation sites excluding steroid dienone is 5. The molecule has 0 fully saturated rings. The first-order chi connectivity index (χ1) is 6.15. The van der Waals surface area contributed by atoms with Crippen molar-refractivity contribution in [1.82, 2.24) is 5.32 Å². The van der Waals surface area contributed by atoms with Crippen molar-refractivity contribution < 1.29 is 0 Å². The lowest BCUT2D eigenvalue weighted by molar-refractivity contribution is 1.02. The van der Waals surface area contributed by atoms with Crippen molar-refractivity contribution in [3.05, 3.63) is 60.9 Å². The Morgan fingerprint density at radius 3 is 2.23 bits per heavy atom. The van der Waals surface area contributed by atoms with E-state index in [4.69, 9.17) is 0 Å². The first kappa shape index (κ1) is 11.5. The van der Waals surface area contributed by atoms with Crippen LogP contribution in [0.15, 0.2) is 60.9 Å². The summed E-state index contributed by atoms with van der Waals surface area (Å²) in [6, 6.07) is 0. The number of rotatable bonds is 5. The molecule has 0 aromatic carbocycles. The molecule has 0 aromatic heterocycles. The van der Waals surface area contributed by atoms with Gasteiger partial charge in [0, 0.05) is 12.7 Å². The molecule has 0 bridgehead atoms. The Morgan fingerprint density at radius 2 is 1.85 bits per heavy atom. The predicted octanol–water partition coefficient (Wildman–Crippen LogP) is 2.96. The van der Waals surface area contributed by atoms with Crippen LogP contribution in [-0.4, -0.2) is 7.05 Å². The quantitative estimate of drug-likeness (QED) is 0.633. The van der Waals surface area contributed by atoms with Crippen LogP contribution in [0.25, 0.3) is 0 Å². The van der Waals surface area contributed by atoms with Gasteiger partial charge in [-0.3, -0.25) is 0 Å². The van der Waals surface area contributed by atoms with Crippen LogP contribution < -0.4 is 5.32 Å². The lowest BCUT2D eigenvalue weighted by atomic mass is 10.1. The Hall–Kier alpha value is -1.50. The topological polar surface area (TPSA) is 12.0 Å². The molecule has 70 valence electrons. The van der Waals surface area contributed by atoms with Crippen molar-refractivity contribution in [2.24, 2.45) is 0 Å². The molecule has 0 radical (unpaired) electrons. The minimum absolute atomic E-state index is 0.829. The number of nitrogens with one attached hydrogen (secondary N) is 1. The summed E-state index contributed by atoms with van der Waals surface area (Å²) in [5, 5.41) is 2.93. The second kappa shape index (κ2) is 6.06. The van der Waals surface area contributed by atoms with E-state index in [9.17, 15) is 0 Å². The van der Waals surface area contributed by atoms with Crippen LogP contribution in [0.2, 0.25) is 0 Å². The van der Waals surface area contributed by atoms with E-state index in [1.165, 1.54) is 0 Å². The average Bonchev–Trinajstić information content (AvgIpc) is 2.17. The zero-order chi connectivity index (χ0) is 10.3. The lowest BCUT2D eigenvalue weighted by Crippen LogP contribution is -2.04. The van der Waals surface area contributed by atoms with E-state index in [1.54, 1.807) is 6.08 Å². The van der Waals surface area contributed by atoms with Crippen LogP contribution >= 0.6 is 0 Å². The van der Waals surface area contributed by atoms with Crippen LogP contribution in [0.5, 0.6) is 0 Å². The van der Waals surface area contributed by atoms with E-state index in [0.29, 0.717) is 0 Å². The third kappa shape index (κ3) is 4.16. The van der Waals surface area contributed by atoms with Gasteiger partial charge >= 0.3 is 0 Å². The SMILES string of the molecule is C=CC(/C=C\C(=C)C(=C)NC)=C/C. The van der Waals surface area contributed by atoms with Crippen LogP contribution in [0.4, 0.5) is 0 Å². The summed E-state index contributed by atoms with van der Waals surface area (Å²) in [5.41, 5.74) is 2.78. The maximum absolute atomic E-state index is 3.86. The van der Waals surface area contributed by atoms with Gasteiger partial charge in [-0.1, -0.05) is 44.0 Å². The summed E-state index contributed by atoms with van der Waals surface area (Å²) in [6.45, 7) is 13.3. The minimum Gasteiger partial charge on any atom is -0.388 e. The van der Waals surface area contributed by atoms with Crippen molar-refractivity contribution in [3.8, 4) is 0 Å². The molecule has 1 N–H and O–H groups in total. The molecular weight excluding hydrogens is 158 g/mol. The van der Waals surface area contributed by atoms with Gasteiger partial charge in [0.2, 0.25) is 0 Å². The Morgan fingerprint density at radius 1 is 1.23 bits per heavy atom. The van der Waals surface area contributed by atoms with Crippen LogP contribution in [0.3, 0.4) is 0 Å². The van der Waals surface area contributed by atoms with Gasteiger partial charge in [0.1, 0.15) is 0 Å².